The quantitative estimate of drug-likeness (QED) is 0.849. The van der Waals surface area contributed by atoms with Crippen molar-refractivity contribution in [1.29, 1.82) is 0 Å². The third-order valence-corrected chi connectivity index (χ3v) is 7.21. The minimum Gasteiger partial charge on any atom is -0.378 e. The summed E-state index contributed by atoms with van der Waals surface area (Å²) in [6.07, 6.45) is 3.53. The van der Waals surface area contributed by atoms with Gasteiger partial charge in [0, 0.05) is 61.1 Å². The molecule has 144 valence electrons. The van der Waals surface area contributed by atoms with Crippen LogP contribution in [-0.2, 0) is 35.3 Å². The first-order valence-corrected chi connectivity index (χ1v) is 10.6. The number of nitrogens with zero attached hydrogens (tertiary/aromatic N) is 4. The average Bonchev–Trinajstić information content (AvgIpc) is 3.31. The van der Waals surface area contributed by atoms with Gasteiger partial charge in [0.1, 0.15) is 0 Å². The smallest absolute Gasteiger partial charge is 0.226 e. The van der Waals surface area contributed by atoms with Crippen molar-refractivity contribution in [3.8, 4) is 0 Å². The highest BCUT2D eigenvalue weighted by Gasteiger charge is 2.33. The van der Waals surface area contributed by atoms with Gasteiger partial charge in [-0.25, -0.2) is 4.98 Å². The zero-order valence-electron chi connectivity index (χ0n) is 15.7. The Morgan fingerprint density at radius 2 is 2.07 bits per heavy atom. The van der Waals surface area contributed by atoms with Gasteiger partial charge in [-0.2, -0.15) is 5.10 Å². The van der Waals surface area contributed by atoms with Crippen LogP contribution in [-0.4, -0.2) is 58.8 Å². The van der Waals surface area contributed by atoms with Crippen molar-refractivity contribution in [1.82, 2.24) is 20.1 Å². The van der Waals surface area contributed by atoms with E-state index in [4.69, 9.17) is 9.72 Å². The van der Waals surface area contributed by atoms with E-state index in [0.717, 1.165) is 80.7 Å². The van der Waals surface area contributed by atoms with Gasteiger partial charge in [-0.1, -0.05) is 0 Å². The molecule has 0 aromatic carbocycles. The number of morpholine rings is 1. The van der Waals surface area contributed by atoms with Crippen molar-refractivity contribution < 1.29 is 9.53 Å². The van der Waals surface area contributed by atoms with Crippen molar-refractivity contribution in [3.05, 3.63) is 27.5 Å². The molecule has 1 N–H and O–H groups in total. The molecule has 8 heteroatoms. The predicted octanol–water partition coefficient (Wildman–Crippen LogP) is 1.70. The highest BCUT2D eigenvalue weighted by atomic mass is 32.1. The Balaban J connectivity index is 1.28. The molecule has 3 aliphatic rings. The van der Waals surface area contributed by atoms with Gasteiger partial charge in [-0.05, 0) is 19.8 Å². The van der Waals surface area contributed by atoms with Gasteiger partial charge in [0.25, 0.3) is 0 Å². The standard InChI is InChI=1S/C19H25N5O2S/c1-12-14-11-24(5-4-15(14)22-21-12)18(25)13-2-3-17-16(10-13)20-19(27-17)23-6-8-26-9-7-23/h13H,2-11H2,1H3,(H,21,22). The number of ether oxygens (including phenoxy) is 1. The lowest BCUT2D eigenvalue weighted by Gasteiger charge is -2.31. The van der Waals surface area contributed by atoms with E-state index in [-0.39, 0.29) is 11.8 Å². The van der Waals surface area contributed by atoms with Crippen LogP contribution in [0.4, 0.5) is 5.13 Å². The number of aryl methyl sites for hydroxylation is 2. The number of hydrogen-bond acceptors (Lipinski definition) is 6. The molecule has 1 fully saturated rings. The molecule has 1 unspecified atom stereocenters. The average molecular weight is 388 g/mol. The molecule has 0 bridgehead atoms. The van der Waals surface area contributed by atoms with Crippen molar-refractivity contribution in [2.45, 2.75) is 39.2 Å². The van der Waals surface area contributed by atoms with Crippen LogP contribution in [0.25, 0.3) is 0 Å². The summed E-state index contributed by atoms with van der Waals surface area (Å²) in [4.78, 5) is 23.8. The maximum Gasteiger partial charge on any atom is 0.226 e. The first kappa shape index (κ1) is 17.2. The van der Waals surface area contributed by atoms with Crippen LogP contribution >= 0.6 is 11.3 Å². The maximum atomic E-state index is 13.2. The van der Waals surface area contributed by atoms with E-state index in [1.807, 2.05) is 11.8 Å². The maximum absolute atomic E-state index is 13.2. The molecular formula is C19H25N5O2S. The minimum absolute atomic E-state index is 0.0610. The molecule has 2 aliphatic heterocycles. The van der Waals surface area contributed by atoms with E-state index in [1.165, 1.54) is 10.4 Å². The van der Waals surface area contributed by atoms with Gasteiger partial charge >= 0.3 is 0 Å². The summed E-state index contributed by atoms with van der Waals surface area (Å²) in [5.74, 6) is 0.346. The number of carbonyl (C=O) groups excluding carboxylic acids is 1. The number of anilines is 1. The third kappa shape index (κ3) is 3.14. The fraction of sp³-hybridized carbons (Fsp3) is 0.632. The molecule has 1 atom stereocenters. The molecule has 0 radical (unpaired) electrons. The molecule has 1 aliphatic carbocycles. The van der Waals surface area contributed by atoms with Crippen LogP contribution in [0.2, 0.25) is 0 Å². The number of thiazole rings is 1. The molecule has 1 saturated heterocycles. The van der Waals surface area contributed by atoms with Crippen molar-refractivity contribution in [2.24, 2.45) is 5.92 Å². The van der Waals surface area contributed by atoms with Gasteiger partial charge in [-0.15, -0.1) is 11.3 Å². The second-order valence-corrected chi connectivity index (χ2v) is 8.75. The van der Waals surface area contributed by atoms with E-state index in [9.17, 15) is 4.79 Å². The Hall–Kier alpha value is -1.93. The molecule has 4 heterocycles. The van der Waals surface area contributed by atoms with Crippen LogP contribution in [0.1, 0.15) is 33.9 Å². The highest BCUT2D eigenvalue weighted by Crippen LogP contribution is 2.35. The number of rotatable bonds is 2. The lowest BCUT2D eigenvalue weighted by Crippen LogP contribution is -2.41. The van der Waals surface area contributed by atoms with Crippen molar-refractivity contribution >= 4 is 22.4 Å². The molecule has 0 saturated carbocycles. The predicted molar refractivity (Wildman–Crippen MR) is 103 cm³/mol. The Labute approximate surface area is 162 Å². The van der Waals surface area contributed by atoms with Crippen LogP contribution < -0.4 is 4.90 Å². The number of hydrogen-bond donors (Lipinski definition) is 1. The third-order valence-electron chi connectivity index (χ3n) is 6.00. The summed E-state index contributed by atoms with van der Waals surface area (Å²) in [7, 11) is 0. The van der Waals surface area contributed by atoms with Crippen molar-refractivity contribution in [2.75, 3.05) is 37.7 Å². The SMILES string of the molecule is Cc1[nH]nc2c1CN(C(=O)C1CCc3sc(N4CCOCC4)nc3C1)CC2. The fourth-order valence-corrected chi connectivity index (χ4v) is 5.50. The summed E-state index contributed by atoms with van der Waals surface area (Å²) in [5.41, 5.74) is 4.55. The van der Waals surface area contributed by atoms with E-state index >= 15 is 0 Å². The summed E-state index contributed by atoms with van der Waals surface area (Å²) < 4.78 is 5.44. The Kier molecular flexibility index (Phi) is 4.40. The number of aromatic nitrogens is 3. The number of carbonyl (C=O) groups is 1. The topological polar surface area (TPSA) is 74.4 Å². The Morgan fingerprint density at radius 1 is 1.22 bits per heavy atom. The second kappa shape index (κ2) is 6.91. The number of fused-ring (bicyclic) bond motifs is 2. The molecule has 7 nitrogen and oxygen atoms in total. The summed E-state index contributed by atoms with van der Waals surface area (Å²) in [6.45, 7) is 6.87. The Morgan fingerprint density at radius 3 is 2.93 bits per heavy atom. The summed E-state index contributed by atoms with van der Waals surface area (Å²) >= 11 is 1.81. The molecule has 0 spiro atoms. The molecular weight excluding hydrogens is 362 g/mol. The molecule has 27 heavy (non-hydrogen) atoms. The van der Waals surface area contributed by atoms with Gasteiger partial charge in [0.2, 0.25) is 5.91 Å². The second-order valence-electron chi connectivity index (χ2n) is 7.69. The fourth-order valence-electron chi connectivity index (χ4n) is 4.34. The van der Waals surface area contributed by atoms with Gasteiger partial charge < -0.3 is 14.5 Å². The number of nitrogens with one attached hydrogen (secondary N) is 1. The van der Waals surface area contributed by atoms with Crippen LogP contribution in [0.15, 0.2) is 0 Å². The van der Waals surface area contributed by atoms with Crippen molar-refractivity contribution in [3.63, 3.8) is 0 Å². The number of amides is 1. The molecule has 2 aromatic heterocycles. The van der Waals surface area contributed by atoms with Gasteiger partial charge in [0.05, 0.1) is 24.6 Å². The molecule has 5 rings (SSSR count). The van der Waals surface area contributed by atoms with Crippen LogP contribution in [0.5, 0.6) is 0 Å². The van der Waals surface area contributed by atoms with Gasteiger partial charge in [0.15, 0.2) is 5.13 Å². The zero-order chi connectivity index (χ0) is 18.4. The summed E-state index contributed by atoms with van der Waals surface area (Å²) in [6, 6.07) is 0. The van der Waals surface area contributed by atoms with E-state index < -0.39 is 0 Å². The highest BCUT2D eigenvalue weighted by molar-refractivity contribution is 7.15. The van der Waals surface area contributed by atoms with Crippen LogP contribution in [0, 0.1) is 12.8 Å². The minimum atomic E-state index is 0.0610. The number of H-pyrrole nitrogens is 1. The first-order valence-electron chi connectivity index (χ1n) is 9.82. The largest absolute Gasteiger partial charge is 0.378 e. The first-order chi connectivity index (χ1) is 13.2. The van der Waals surface area contributed by atoms with Crippen LogP contribution in [0.3, 0.4) is 0 Å². The monoisotopic (exact) mass is 387 g/mol. The lowest BCUT2D eigenvalue weighted by molar-refractivity contribution is -0.136. The lowest BCUT2D eigenvalue weighted by atomic mass is 9.89. The van der Waals surface area contributed by atoms with E-state index in [2.05, 4.69) is 15.1 Å². The number of aromatic amines is 1. The zero-order valence-corrected chi connectivity index (χ0v) is 16.5. The Bertz CT molecular complexity index is 854. The normalized spacial score (nSPS) is 22.5. The summed E-state index contributed by atoms with van der Waals surface area (Å²) in [5, 5.41) is 8.51. The molecule has 1 amide bonds. The molecule has 2 aromatic rings. The van der Waals surface area contributed by atoms with E-state index in [0.29, 0.717) is 6.54 Å². The van der Waals surface area contributed by atoms with Gasteiger partial charge in [-0.3, -0.25) is 9.89 Å². The van der Waals surface area contributed by atoms with E-state index in [1.54, 1.807) is 11.3 Å².